The third-order valence-corrected chi connectivity index (χ3v) is 2.07. The van der Waals surface area contributed by atoms with Crippen LogP contribution < -0.4 is 0 Å². The summed E-state index contributed by atoms with van der Waals surface area (Å²) in [4.78, 5) is 21.8. The number of carbonyl (C=O) groups is 2. The zero-order valence-electron chi connectivity index (χ0n) is 8.88. The van der Waals surface area contributed by atoms with Gasteiger partial charge in [-0.25, -0.2) is 4.79 Å². The molecule has 0 aliphatic carbocycles. The molecule has 16 heavy (non-hydrogen) atoms. The van der Waals surface area contributed by atoms with Crippen molar-refractivity contribution in [2.75, 3.05) is 7.11 Å². The monoisotopic (exact) mass is 228 g/mol. The van der Waals surface area contributed by atoms with Crippen molar-refractivity contribution in [3.05, 3.63) is 17.5 Å². The Bertz CT molecular complexity index is 412. The number of ether oxygens (including phenoxy) is 1. The van der Waals surface area contributed by atoms with Gasteiger partial charge < -0.3 is 14.9 Å². The van der Waals surface area contributed by atoms with Crippen LogP contribution in [0.25, 0.3) is 0 Å². The average molecular weight is 228 g/mol. The standard InChI is InChI=1S/C9H12N2O5/c1-11-8(6(12)3-7(13)14)5(4-10-11)9(15)16-2/h4,6,12H,3H2,1-2H3,(H,13,14). The van der Waals surface area contributed by atoms with Crippen molar-refractivity contribution in [3.63, 3.8) is 0 Å². The van der Waals surface area contributed by atoms with Crippen LogP contribution in [0.15, 0.2) is 6.20 Å². The van der Waals surface area contributed by atoms with Crippen molar-refractivity contribution in [3.8, 4) is 0 Å². The summed E-state index contributed by atoms with van der Waals surface area (Å²) in [5.74, 6) is -1.82. The molecule has 7 heteroatoms. The van der Waals surface area contributed by atoms with Crippen LogP contribution >= 0.6 is 0 Å². The Morgan fingerprint density at radius 2 is 2.25 bits per heavy atom. The van der Waals surface area contributed by atoms with E-state index in [1.807, 2.05) is 0 Å². The predicted molar refractivity (Wildman–Crippen MR) is 51.8 cm³/mol. The summed E-state index contributed by atoms with van der Waals surface area (Å²) in [6, 6.07) is 0. The first-order chi connectivity index (χ1) is 7.47. The molecule has 7 nitrogen and oxygen atoms in total. The van der Waals surface area contributed by atoms with Crippen molar-refractivity contribution >= 4 is 11.9 Å². The Morgan fingerprint density at radius 3 is 2.75 bits per heavy atom. The lowest BCUT2D eigenvalue weighted by Gasteiger charge is -2.10. The highest BCUT2D eigenvalue weighted by Crippen LogP contribution is 2.20. The van der Waals surface area contributed by atoms with Gasteiger partial charge >= 0.3 is 11.9 Å². The van der Waals surface area contributed by atoms with E-state index in [9.17, 15) is 14.7 Å². The molecule has 88 valence electrons. The van der Waals surface area contributed by atoms with Crippen molar-refractivity contribution in [2.45, 2.75) is 12.5 Å². The Labute approximate surface area is 91.3 Å². The Morgan fingerprint density at radius 1 is 1.62 bits per heavy atom. The van der Waals surface area contributed by atoms with E-state index in [1.165, 1.54) is 25.0 Å². The first-order valence-electron chi connectivity index (χ1n) is 4.47. The number of aliphatic carboxylic acids is 1. The number of hydrogen-bond acceptors (Lipinski definition) is 5. The molecule has 1 unspecified atom stereocenters. The number of nitrogens with zero attached hydrogens (tertiary/aromatic N) is 2. The van der Waals surface area contributed by atoms with Crippen LogP contribution in [0.2, 0.25) is 0 Å². The molecule has 0 aliphatic rings. The van der Waals surface area contributed by atoms with Crippen LogP contribution in [0, 0.1) is 0 Å². The number of aromatic nitrogens is 2. The summed E-state index contributed by atoms with van der Waals surface area (Å²) >= 11 is 0. The van der Waals surface area contributed by atoms with Gasteiger partial charge in [0.05, 0.1) is 25.4 Å². The largest absolute Gasteiger partial charge is 0.481 e. The fourth-order valence-electron chi connectivity index (χ4n) is 1.37. The van der Waals surface area contributed by atoms with Crippen LogP contribution in [0.3, 0.4) is 0 Å². The lowest BCUT2D eigenvalue weighted by atomic mass is 10.1. The maximum absolute atomic E-state index is 11.3. The number of aliphatic hydroxyl groups excluding tert-OH is 1. The minimum Gasteiger partial charge on any atom is -0.481 e. The molecule has 1 atom stereocenters. The maximum Gasteiger partial charge on any atom is 0.341 e. The fraction of sp³-hybridized carbons (Fsp3) is 0.444. The van der Waals surface area contributed by atoms with Gasteiger partial charge in [-0.3, -0.25) is 9.48 Å². The van der Waals surface area contributed by atoms with Gasteiger partial charge in [0, 0.05) is 7.05 Å². The maximum atomic E-state index is 11.3. The second-order valence-electron chi connectivity index (χ2n) is 3.17. The molecule has 1 aromatic heterocycles. The van der Waals surface area contributed by atoms with Gasteiger partial charge in [0.1, 0.15) is 11.7 Å². The van der Waals surface area contributed by atoms with Crippen molar-refractivity contribution in [1.29, 1.82) is 0 Å². The quantitative estimate of drug-likeness (QED) is 0.687. The molecule has 0 saturated carbocycles. The van der Waals surface area contributed by atoms with Crippen LogP contribution in [0.4, 0.5) is 0 Å². The summed E-state index contributed by atoms with van der Waals surface area (Å²) in [5.41, 5.74) is 0.202. The molecule has 0 bridgehead atoms. The molecular weight excluding hydrogens is 216 g/mol. The first kappa shape index (κ1) is 12.2. The third-order valence-electron chi connectivity index (χ3n) is 2.07. The predicted octanol–water partition coefficient (Wildman–Crippen LogP) is -0.285. The SMILES string of the molecule is COC(=O)c1cnn(C)c1C(O)CC(=O)O. The molecule has 0 radical (unpaired) electrons. The van der Waals surface area contributed by atoms with Crippen molar-refractivity contribution in [2.24, 2.45) is 7.05 Å². The second kappa shape index (κ2) is 4.75. The van der Waals surface area contributed by atoms with Crippen LogP contribution in [-0.4, -0.2) is 39.0 Å². The fourth-order valence-corrected chi connectivity index (χ4v) is 1.37. The summed E-state index contributed by atoms with van der Waals surface area (Å²) < 4.78 is 5.74. The summed E-state index contributed by atoms with van der Waals surface area (Å²) in [5, 5.41) is 22.0. The molecule has 0 aliphatic heterocycles. The molecule has 1 aromatic rings. The molecule has 0 spiro atoms. The number of aliphatic hydroxyl groups is 1. The zero-order chi connectivity index (χ0) is 12.3. The molecule has 1 heterocycles. The van der Waals surface area contributed by atoms with Gasteiger partial charge in [-0.2, -0.15) is 5.10 Å². The molecule has 0 saturated heterocycles. The Kier molecular flexibility index (Phi) is 3.62. The highest BCUT2D eigenvalue weighted by molar-refractivity contribution is 5.90. The summed E-state index contributed by atoms with van der Waals surface area (Å²) in [6.07, 6.45) is -0.561. The highest BCUT2D eigenvalue weighted by atomic mass is 16.5. The Hall–Kier alpha value is -1.89. The van der Waals surface area contributed by atoms with E-state index in [0.29, 0.717) is 0 Å². The smallest absolute Gasteiger partial charge is 0.341 e. The number of rotatable bonds is 4. The minimum atomic E-state index is -1.29. The van der Waals surface area contributed by atoms with Crippen LogP contribution in [0.5, 0.6) is 0 Å². The Balaban J connectivity index is 3.06. The molecule has 2 N–H and O–H groups in total. The van der Waals surface area contributed by atoms with Gasteiger partial charge in [-0.1, -0.05) is 0 Å². The van der Waals surface area contributed by atoms with Crippen molar-refractivity contribution in [1.82, 2.24) is 9.78 Å². The van der Waals surface area contributed by atoms with Gasteiger partial charge in [0.25, 0.3) is 0 Å². The molecule has 0 fully saturated rings. The highest BCUT2D eigenvalue weighted by Gasteiger charge is 2.24. The number of methoxy groups -OCH3 is 1. The number of carbonyl (C=O) groups excluding carboxylic acids is 1. The van der Waals surface area contributed by atoms with Crippen molar-refractivity contribution < 1.29 is 24.5 Å². The number of carboxylic acids is 1. The van der Waals surface area contributed by atoms with Gasteiger partial charge in [-0.05, 0) is 0 Å². The number of aryl methyl sites for hydroxylation is 1. The van der Waals surface area contributed by atoms with Gasteiger partial charge in [0.15, 0.2) is 0 Å². The number of carboxylic acid groups (broad SMARTS) is 1. The van der Waals surface area contributed by atoms with E-state index >= 15 is 0 Å². The first-order valence-corrected chi connectivity index (χ1v) is 4.47. The van der Waals surface area contributed by atoms with E-state index < -0.39 is 24.5 Å². The molecule has 0 amide bonds. The molecular formula is C9H12N2O5. The third kappa shape index (κ3) is 2.37. The molecule has 0 aromatic carbocycles. The number of hydrogen-bond donors (Lipinski definition) is 2. The van der Waals surface area contributed by atoms with E-state index in [-0.39, 0.29) is 11.3 Å². The second-order valence-corrected chi connectivity index (χ2v) is 3.17. The van der Waals surface area contributed by atoms with Gasteiger partial charge in [0.2, 0.25) is 0 Å². The lowest BCUT2D eigenvalue weighted by Crippen LogP contribution is -2.14. The van der Waals surface area contributed by atoms with E-state index in [1.54, 1.807) is 0 Å². The van der Waals surface area contributed by atoms with E-state index in [0.717, 1.165) is 0 Å². The topological polar surface area (TPSA) is 102 Å². The van der Waals surface area contributed by atoms with E-state index in [2.05, 4.69) is 9.84 Å². The number of esters is 1. The normalized spacial score (nSPS) is 12.2. The minimum absolute atomic E-state index is 0.0683. The van der Waals surface area contributed by atoms with E-state index in [4.69, 9.17) is 5.11 Å². The lowest BCUT2D eigenvalue weighted by molar-refractivity contribution is -0.139. The van der Waals surface area contributed by atoms with Crippen LogP contribution in [-0.2, 0) is 16.6 Å². The zero-order valence-corrected chi connectivity index (χ0v) is 8.88. The summed E-state index contributed by atoms with van der Waals surface area (Å²) in [6.45, 7) is 0. The van der Waals surface area contributed by atoms with Crippen LogP contribution in [0.1, 0.15) is 28.6 Å². The van der Waals surface area contributed by atoms with Gasteiger partial charge in [-0.15, -0.1) is 0 Å². The summed E-state index contributed by atoms with van der Waals surface area (Å²) in [7, 11) is 2.70. The molecule has 1 rings (SSSR count). The average Bonchev–Trinajstić information content (AvgIpc) is 2.58.